The first-order valence-corrected chi connectivity index (χ1v) is 11.9. The minimum atomic E-state index is -4.52. The largest absolute Gasteiger partial charge is 0.433 e. The molecule has 1 saturated heterocycles. The molecule has 1 aliphatic heterocycles. The Kier molecular flexibility index (Phi) is 6.77. The standard InChI is InChI=1S/C23H35F3N4O/c1-2-4-16-6-10-22(9-3-5-17(16)13-22)29-21-27-14-18(20(28-21)23(24,25)26)15-30-11-7-19(31)8-12-30/h14,16-17,19,31H,2-13,15H2,1H3,(H,27,28,29). The number of hydrogen-bond acceptors (Lipinski definition) is 5. The van der Waals surface area contributed by atoms with Crippen LogP contribution >= 0.6 is 0 Å². The summed E-state index contributed by atoms with van der Waals surface area (Å²) < 4.78 is 41.5. The van der Waals surface area contributed by atoms with Crippen molar-refractivity contribution in [1.82, 2.24) is 14.9 Å². The van der Waals surface area contributed by atoms with Crippen LogP contribution in [0.15, 0.2) is 6.20 Å². The summed E-state index contributed by atoms with van der Waals surface area (Å²) in [7, 11) is 0. The van der Waals surface area contributed by atoms with E-state index in [0.717, 1.165) is 38.0 Å². The molecule has 174 valence electrons. The second kappa shape index (κ2) is 9.22. The molecule has 2 aliphatic carbocycles. The molecule has 2 bridgehead atoms. The molecule has 2 saturated carbocycles. The lowest BCUT2D eigenvalue weighted by Crippen LogP contribution is -2.48. The van der Waals surface area contributed by atoms with E-state index in [1.165, 1.54) is 25.5 Å². The molecule has 0 spiro atoms. The van der Waals surface area contributed by atoms with Gasteiger partial charge in [0.15, 0.2) is 5.69 Å². The van der Waals surface area contributed by atoms with Crippen molar-refractivity contribution in [2.24, 2.45) is 11.8 Å². The molecule has 1 aromatic rings. The number of fused-ring (bicyclic) bond motifs is 2. The summed E-state index contributed by atoms with van der Waals surface area (Å²) >= 11 is 0. The van der Waals surface area contributed by atoms with Crippen LogP contribution in [-0.2, 0) is 12.7 Å². The SMILES string of the molecule is CCCC1CCC2(Nc3ncc(CN4CCC(O)CC4)c(C(F)(F)F)n3)CCCC1C2. The fraction of sp³-hybridized carbons (Fsp3) is 0.826. The van der Waals surface area contributed by atoms with Crippen molar-refractivity contribution in [1.29, 1.82) is 0 Å². The molecule has 3 aliphatic rings. The molecule has 3 fully saturated rings. The zero-order valence-corrected chi connectivity index (χ0v) is 18.4. The second-order valence-corrected chi connectivity index (χ2v) is 9.92. The number of aromatic nitrogens is 2. The van der Waals surface area contributed by atoms with E-state index in [9.17, 15) is 18.3 Å². The Morgan fingerprint density at radius 2 is 1.97 bits per heavy atom. The normalized spacial score (nSPS) is 30.4. The minimum absolute atomic E-state index is 0.111. The maximum Gasteiger partial charge on any atom is 0.433 e. The van der Waals surface area contributed by atoms with E-state index in [2.05, 4.69) is 22.2 Å². The second-order valence-electron chi connectivity index (χ2n) is 9.92. The fourth-order valence-electron chi connectivity index (χ4n) is 6.05. The molecule has 1 aromatic heterocycles. The first kappa shape index (κ1) is 22.8. The van der Waals surface area contributed by atoms with Crippen LogP contribution < -0.4 is 5.32 Å². The lowest BCUT2D eigenvalue weighted by Gasteiger charge is -2.49. The molecule has 31 heavy (non-hydrogen) atoms. The summed E-state index contributed by atoms with van der Waals surface area (Å²) in [4.78, 5) is 10.3. The molecule has 0 amide bonds. The van der Waals surface area contributed by atoms with Crippen LogP contribution in [-0.4, -0.2) is 44.7 Å². The van der Waals surface area contributed by atoms with Crippen molar-refractivity contribution >= 4 is 5.95 Å². The molecular formula is C23H35F3N4O. The summed E-state index contributed by atoms with van der Waals surface area (Å²) in [5, 5.41) is 13.0. The van der Waals surface area contributed by atoms with E-state index in [-0.39, 0.29) is 29.7 Å². The average Bonchev–Trinajstić information content (AvgIpc) is 2.73. The highest BCUT2D eigenvalue weighted by Crippen LogP contribution is 2.48. The van der Waals surface area contributed by atoms with Gasteiger partial charge in [-0.2, -0.15) is 13.2 Å². The Morgan fingerprint density at radius 1 is 1.19 bits per heavy atom. The molecule has 2 heterocycles. The predicted molar refractivity (Wildman–Crippen MR) is 113 cm³/mol. The van der Waals surface area contributed by atoms with Gasteiger partial charge in [0.1, 0.15) is 0 Å². The Balaban J connectivity index is 1.50. The van der Waals surface area contributed by atoms with Crippen molar-refractivity contribution in [3.05, 3.63) is 17.5 Å². The molecule has 2 N–H and O–H groups in total. The number of alkyl halides is 3. The number of aliphatic hydroxyl groups is 1. The van der Waals surface area contributed by atoms with Crippen LogP contribution in [0.25, 0.3) is 0 Å². The summed E-state index contributed by atoms with van der Waals surface area (Å²) in [6.45, 7) is 3.56. The van der Waals surface area contributed by atoms with Gasteiger partial charge < -0.3 is 10.4 Å². The molecule has 0 aromatic carbocycles. The number of piperidine rings is 1. The third kappa shape index (κ3) is 5.33. The Morgan fingerprint density at radius 3 is 2.68 bits per heavy atom. The van der Waals surface area contributed by atoms with Crippen LogP contribution in [0.4, 0.5) is 19.1 Å². The number of hydrogen-bond donors (Lipinski definition) is 2. The lowest BCUT2D eigenvalue weighted by atomic mass is 9.62. The van der Waals surface area contributed by atoms with Gasteiger partial charge in [-0.05, 0) is 50.4 Å². The maximum absolute atomic E-state index is 13.8. The summed E-state index contributed by atoms with van der Waals surface area (Å²) in [6.07, 6.45) is 6.54. The summed E-state index contributed by atoms with van der Waals surface area (Å²) in [5.74, 6) is 1.52. The number of anilines is 1. The van der Waals surface area contributed by atoms with E-state index in [4.69, 9.17) is 0 Å². The predicted octanol–water partition coefficient (Wildman–Crippen LogP) is 5.00. The maximum atomic E-state index is 13.8. The van der Waals surface area contributed by atoms with Crippen molar-refractivity contribution in [3.8, 4) is 0 Å². The van der Waals surface area contributed by atoms with Crippen molar-refractivity contribution in [2.75, 3.05) is 18.4 Å². The van der Waals surface area contributed by atoms with Gasteiger partial charge >= 0.3 is 6.18 Å². The zero-order valence-electron chi connectivity index (χ0n) is 18.4. The van der Waals surface area contributed by atoms with Crippen LogP contribution in [0.2, 0.25) is 0 Å². The number of likely N-dealkylation sites (tertiary alicyclic amines) is 1. The smallest absolute Gasteiger partial charge is 0.393 e. The topological polar surface area (TPSA) is 61.3 Å². The molecular weight excluding hydrogens is 405 g/mol. The molecule has 3 unspecified atom stereocenters. The molecule has 0 radical (unpaired) electrons. The van der Waals surface area contributed by atoms with Crippen LogP contribution in [0.5, 0.6) is 0 Å². The van der Waals surface area contributed by atoms with Crippen molar-refractivity contribution in [2.45, 2.75) is 95.5 Å². The van der Waals surface area contributed by atoms with Gasteiger partial charge in [0.2, 0.25) is 5.95 Å². The molecule has 3 atom stereocenters. The molecule has 8 heteroatoms. The monoisotopic (exact) mass is 440 g/mol. The van der Waals surface area contributed by atoms with E-state index in [1.807, 2.05) is 4.90 Å². The third-order valence-corrected chi connectivity index (χ3v) is 7.66. The van der Waals surface area contributed by atoms with Gasteiger partial charge in [0.05, 0.1) is 6.10 Å². The number of nitrogens with zero attached hydrogens (tertiary/aromatic N) is 3. The van der Waals surface area contributed by atoms with Gasteiger partial charge in [-0.25, -0.2) is 9.97 Å². The minimum Gasteiger partial charge on any atom is -0.393 e. The highest BCUT2D eigenvalue weighted by Gasteiger charge is 2.44. The first-order valence-electron chi connectivity index (χ1n) is 11.9. The van der Waals surface area contributed by atoms with Crippen LogP contribution in [0.3, 0.4) is 0 Å². The summed E-state index contributed by atoms with van der Waals surface area (Å²) in [6, 6.07) is 0. The highest BCUT2D eigenvalue weighted by atomic mass is 19.4. The van der Waals surface area contributed by atoms with Gasteiger partial charge in [-0.3, -0.25) is 4.90 Å². The fourth-order valence-corrected chi connectivity index (χ4v) is 6.05. The quantitative estimate of drug-likeness (QED) is 0.652. The molecule has 5 nitrogen and oxygen atoms in total. The van der Waals surface area contributed by atoms with Gasteiger partial charge in [0.25, 0.3) is 0 Å². The van der Waals surface area contributed by atoms with E-state index >= 15 is 0 Å². The van der Waals surface area contributed by atoms with Crippen molar-refractivity contribution in [3.63, 3.8) is 0 Å². The van der Waals surface area contributed by atoms with Gasteiger partial charge in [-0.1, -0.05) is 32.6 Å². The number of halogens is 3. The highest BCUT2D eigenvalue weighted by molar-refractivity contribution is 5.35. The number of nitrogens with one attached hydrogen (secondary N) is 1. The lowest BCUT2D eigenvalue weighted by molar-refractivity contribution is -0.142. The van der Waals surface area contributed by atoms with Crippen LogP contribution in [0.1, 0.15) is 82.4 Å². The molecule has 4 rings (SSSR count). The van der Waals surface area contributed by atoms with E-state index < -0.39 is 11.9 Å². The number of aliphatic hydroxyl groups excluding tert-OH is 1. The zero-order chi connectivity index (χ0) is 22.1. The van der Waals surface area contributed by atoms with Gasteiger partial charge in [0, 0.05) is 36.9 Å². The van der Waals surface area contributed by atoms with Crippen LogP contribution in [0, 0.1) is 11.8 Å². The Hall–Kier alpha value is -1.41. The first-order chi connectivity index (χ1) is 14.8. The average molecular weight is 441 g/mol. The van der Waals surface area contributed by atoms with Gasteiger partial charge in [-0.15, -0.1) is 0 Å². The van der Waals surface area contributed by atoms with E-state index in [1.54, 1.807) is 0 Å². The third-order valence-electron chi connectivity index (χ3n) is 7.66. The Labute approximate surface area is 182 Å². The van der Waals surface area contributed by atoms with Crippen molar-refractivity contribution < 1.29 is 18.3 Å². The number of rotatable bonds is 6. The van der Waals surface area contributed by atoms with E-state index in [0.29, 0.717) is 31.8 Å². The summed E-state index contributed by atoms with van der Waals surface area (Å²) in [5.41, 5.74) is -0.889. The Bertz CT molecular complexity index is 751.